The van der Waals surface area contributed by atoms with Crippen molar-refractivity contribution < 1.29 is 4.79 Å². The van der Waals surface area contributed by atoms with Crippen LogP contribution in [-0.4, -0.2) is 41.1 Å². The number of rotatable bonds is 2. The molecule has 0 bridgehead atoms. The van der Waals surface area contributed by atoms with Crippen LogP contribution in [0.1, 0.15) is 24.3 Å². The van der Waals surface area contributed by atoms with Crippen molar-refractivity contribution in [3.05, 3.63) is 24.0 Å². The fourth-order valence-electron chi connectivity index (χ4n) is 2.17. The monoisotopic (exact) mass is 221 g/mol. The van der Waals surface area contributed by atoms with Gasteiger partial charge in [0.15, 0.2) is 0 Å². The third kappa shape index (κ3) is 1.97. The molecule has 2 heterocycles. The lowest BCUT2D eigenvalue weighted by molar-refractivity contribution is 0.0645. The summed E-state index contributed by atoms with van der Waals surface area (Å²) < 4.78 is 2.00. The maximum atomic E-state index is 12.3. The van der Waals surface area contributed by atoms with Crippen molar-refractivity contribution in [2.75, 3.05) is 19.6 Å². The molecule has 0 saturated carbocycles. The highest BCUT2D eigenvalue weighted by atomic mass is 16.2. The fraction of sp³-hybridized carbons (Fsp3) is 0.583. The van der Waals surface area contributed by atoms with E-state index in [0.717, 1.165) is 31.9 Å². The zero-order valence-electron chi connectivity index (χ0n) is 9.94. The SMILES string of the molecule is CCn1cccc1C(=O)N1CCNCC1C. The Labute approximate surface area is 96.2 Å². The third-order valence-corrected chi connectivity index (χ3v) is 3.15. The topological polar surface area (TPSA) is 37.3 Å². The van der Waals surface area contributed by atoms with Gasteiger partial charge in [0.1, 0.15) is 5.69 Å². The number of piperazine rings is 1. The van der Waals surface area contributed by atoms with Crippen molar-refractivity contribution in [2.24, 2.45) is 0 Å². The molecule has 1 saturated heterocycles. The van der Waals surface area contributed by atoms with E-state index in [1.807, 2.05) is 27.8 Å². The number of carbonyl (C=O) groups is 1. The standard InChI is InChI=1S/C12H19N3O/c1-3-14-7-4-5-11(14)12(16)15-8-6-13-9-10(15)2/h4-5,7,10,13H,3,6,8-9H2,1-2H3. The van der Waals surface area contributed by atoms with Crippen LogP contribution in [0.5, 0.6) is 0 Å². The molecule has 0 spiro atoms. The Morgan fingerprint density at radius 3 is 3.12 bits per heavy atom. The van der Waals surface area contributed by atoms with E-state index in [0.29, 0.717) is 0 Å². The van der Waals surface area contributed by atoms with Gasteiger partial charge in [-0.2, -0.15) is 0 Å². The summed E-state index contributed by atoms with van der Waals surface area (Å²) >= 11 is 0. The Morgan fingerprint density at radius 1 is 1.62 bits per heavy atom. The quantitative estimate of drug-likeness (QED) is 0.807. The number of carbonyl (C=O) groups excluding carboxylic acids is 1. The van der Waals surface area contributed by atoms with Crippen LogP contribution in [0.25, 0.3) is 0 Å². The number of hydrogen-bond acceptors (Lipinski definition) is 2. The predicted octanol–water partition coefficient (Wildman–Crippen LogP) is 0.942. The molecule has 1 fully saturated rings. The molecule has 1 aliphatic rings. The van der Waals surface area contributed by atoms with E-state index in [1.165, 1.54) is 0 Å². The largest absolute Gasteiger partial charge is 0.344 e. The smallest absolute Gasteiger partial charge is 0.270 e. The van der Waals surface area contributed by atoms with Crippen LogP contribution in [0.15, 0.2) is 18.3 Å². The number of nitrogens with one attached hydrogen (secondary N) is 1. The second-order valence-electron chi connectivity index (χ2n) is 4.23. The molecular formula is C12H19N3O. The van der Waals surface area contributed by atoms with Crippen LogP contribution in [0.2, 0.25) is 0 Å². The van der Waals surface area contributed by atoms with Crippen LogP contribution in [0.3, 0.4) is 0 Å². The normalized spacial score (nSPS) is 21.1. The summed E-state index contributed by atoms with van der Waals surface area (Å²) in [5.74, 6) is 0.154. The van der Waals surface area contributed by atoms with Gasteiger partial charge in [-0.15, -0.1) is 0 Å². The average molecular weight is 221 g/mol. The van der Waals surface area contributed by atoms with Crippen LogP contribution < -0.4 is 5.32 Å². The van der Waals surface area contributed by atoms with Crippen molar-refractivity contribution in [3.8, 4) is 0 Å². The summed E-state index contributed by atoms with van der Waals surface area (Å²) in [5.41, 5.74) is 0.802. The van der Waals surface area contributed by atoms with Crippen LogP contribution in [0.4, 0.5) is 0 Å². The molecule has 4 nitrogen and oxygen atoms in total. The minimum atomic E-state index is 0.154. The summed E-state index contributed by atoms with van der Waals surface area (Å²) in [6, 6.07) is 4.12. The lowest BCUT2D eigenvalue weighted by Gasteiger charge is -2.34. The third-order valence-electron chi connectivity index (χ3n) is 3.15. The number of aryl methyl sites for hydroxylation is 1. The highest BCUT2D eigenvalue weighted by Gasteiger charge is 2.25. The van der Waals surface area contributed by atoms with Crippen LogP contribution in [0, 0.1) is 0 Å². The predicted molar refractivity (Wildman–Crippen MR) is 63.5 cm³/mol. The molecule has 0 aromatic carbocycles. The van der Waals surface area contributed by atoms with Crippen molar-refractivity contribution in [1.29, 1.82) is 0 Å². The molecule has 0 aliphatic carbocycles. The fourth-order valence-corrected chi connectivity index (χ4v) is 2.17. The van der Waals surface area contributed by atoms with Gasteiger partial charge in [-0.05, 0) is 26.0 Å². The van der Waals surface area contributed by atoms with Gasteiger partial charge >= 0.3 is 0 Å². The summed E-state index contributed by atoms with van der Waals surface area (Å²) in [6.45, 7) is 7.56. The van der Waals surface area contributed by atoms with Gasteiger partial charge in [0, 0.05) is 38.4 Å². The minimum Gasteiger partial charge on any atom is -0.344 e. The van der Waals surface area contributed by atoms with Crippen molar-refractivity contribution in [2.45, 2.75) is 26.4 Å². The Bertz CT molecular complexity index is 372. The number of aromatic nitrogens is 1. The van der Waals surface area contributed by atoms with E-state index < -0.39 is 0 Å². The molecule has 88 valence electrons. The molecule has 1 amide bonds. The van der Waals surface area contributed by atoms with Crippen LogP contribution >= 0.6 is 0 Å². The summed E-state index contributed by atoms with van der Waals surface area (Å²) in [7, 11) is 0. The van der Waals surface area contributed by atoms with E-state index in [1.54, 1.807) is 0 Å². The van der Waals surface area contributed by atoms with Gasteiger partial charge in [-0.1, -0.05) is 0 Å². The number of nitrogens with zero attached hydrogens (tertiary/aromatic N) is 2. The molecule has 1 atom stereocenters. The summed E-state index contributed by atoms with van der Waals surface area (Å²) in [6.07, 6.45) is 1.96. The first-order chi connectivity index (χ1) is 7.74. The van der Waals surface area contributed by atoms with E-state index in [2.05, 4.69) is 19.2 Å². The van der Waals surface area contributed by atoms with Crippen molar-refractivity contribution in [3.63, 3.8) is 0 Å². The molecular weight excluding hydrogens is 202 g/mol. The first-order valence-corrected chi connectivity index (χ1v) is 5.91. The van der Waals surface area contributed by atoms with E-state index in [4.69, 9.17) is 0 Å². The van der Waals surface area contributed by atoms with E-state index in [9.17, 15) is 4.79 Å². The van der Waals surface area contributed by atoms with E-state index >= 15 is 0 Å². The average Bonchev–Trinajstić information content (AvgIpc) is 2.77. The summed E-state index contributed by atoms with van der Waals surface area (Å²) in [5, 5.41) is 3.29. The Balaban J connectivity index is 2.17. The molecule has 4 heteroatoms. The maximum absolute atomic E-state index is 12.3. The lowest BCUT2D eigenvalue weighted by atomic mass is 10.2. The molecule has 16 heavy (non-hydrogen) atoms. The first kappa shape index (κ1) is 11.2. The zero-order chi connectivity index (χ0) is 11.5. The molecule has 1 aromatic rings. The van der Waals surface area contributed by atoms with Gasteiger partial charge in [-0.25, -0.2) is 0 Å². The molecule has 2 rings (SSSR count). The Hall–Kier alpha value is -1.29. The van der Waals surface area contributed by atoms with Gasteiger partial charge in [0.25, 0.3) is 5.91 Å². The highest BCUT2D eigenvalue weighted by Crippen LogP contribution is 2.11. The van der Waals surface area contributed by atoms with Gasteiger partial charge in [0.2, 0.25) is 0 Å². The number of amides is 1. The van der Waals surface area contributed by atoms with Crippen LogP contribution in [-0.2, 0) is 6.54 Å². The van der Waals surface area contributed by atoms with E-state index in [-0.39, 0.29) is 11.9 Å². The Morgan fingerprint density at radius 2 is 2.44 bits per heavy atom. The second-order valence-corrected chi connectivity index (χ2v) is 4.23. The molecule has 1 aromatic heterocycles. The molecule has 1 unspecified atom stereocenters. The lowest BCUT2D eigenvalue weighted by Crippen LogP contribution is -2.52. The van der Waals surface area contributed by atoms with Gasteiger partial charge in [0.05, 0.1) is 0 Å². The van der Waals surface area contributed by atoms with Crippen molar-refractivity contribution >= 4 is 5.91 Å². The first-order valence-electron chi connectivity index (χ1n) is 5.91. The summed E-state index contributed by atoms with van der Waals surface area (Å²) in [4.78, 5) is 14.3. The number of hydrogen-bond donors (Lipinski definition) is 1. The second kappa shape index (κ2) is 4.70. The molecule has 1 N–H and O–H groups in total. The van der Waals surface area contributed by atoms with Gasteiger partial charge < -0.3 is 14.8 Å². The highest BCUT2D eigenvalue weighted by molar-refractivity contribution is 5.93. The van der Waals surface area contributed by atoms with Gasteiger partial charge in [-0.3, -0.25) is 4.79 Å². The molecule has 1 aliphatic heterocycles. The minimum absolute atomic E-state index is 0.154. The zero-order valence-corrected chi connectivity index (χ0v) is 9.94. The Kier molecular flexibility index (Phi) is 3.29. The van der Waals surface area contributed by atoms with Crippen molar-refractivity contribution in [1.82, 2.24) is 14.8 Å². The maximum Gasteiger partial charge on any atom is 0.270 e. The molecule has 0 radical (unpaired) electrons.